The van der Waals surface area contributed by atoms with Crippen molar-refractivity contribution in [2.24, 2.45) is 0 Å². The fraction of sp³-hybridized carbons (Fsp3) is 0.500. The molecule has 1 rings (SSSR count). The molecule has 0 heterocycles. The second-order valence-electron chi connectivity index (χ2n) is 5.09. The number of hydrogen-bond donors (Lipinski definition) is 3. The number of anilines is 1. The summed E-state index contributed by atoms with van der Waals surface area (Å²) in [5, 5.41) is 7.67. The van der Waals surface area contributed by atoms with Crippen LogP contribution in [0, 0.1) is 0 Å². The molecule has 0 aliphatic heterocycles. The number of aryl methyl sites for hydroxylation is 1. The molecule has 0 spiro atoms. The van der Waals surface area contributed by atoms with Crippen molar-refractivity contribution in [3.63, 3.8) is 0 Å². The Kier molecular flexibility index (Phi) is 7.29. The zero-order chi connectivity index (χ0) is 15.7. The number of amides is 3. The fourth-order valence-electron chi connectivity index (χ4n) is 1.94. The van der Waals surface area contributed by atoms with Crippen LogP contribution in [0.25, 0.3) is 0 Å². The van der Waals surface area contributed by atoms with Gasteiger partial charge in [-0.15, -0.1) is 0 Å². The molecule has 0 fully saturated rings. The zero-order valence-corrected chi connectivity index (χ0v) is 13.0. The van der Waals surface area contributed by atoms with E-state index in [1.165, 1.54) is 31.9 Å². The number of unbranched alkanes of at least 4 members (excludes halogenated alkanes) is 2. The molecule has 0 bridgehead atoms. The Balaban J connectivity index is 2.47. The second-order valence-corrected chi connectivity index (χ2v) is 5.09. The van der Waals surface area contributed by atoms with Crippen LogP contribution in [0.1, 0.15) is 38.7 Å². The fourth-order valence-corrected chi connectivity index (χ4v) is 1.94. The molecule has 0 saturated heterocycles. The van der Waals surface area contributed by atoms with Crippen molar-refractivity contribution in [2.45, 2.75) is 45.6 Å². The van der Waals surface area contributed by atoms with Crippen molar-refractivity contribution in [3.05, 3.63) is 29.8 Å². The zero-order valence-electron chi connectivity index (χ0n) is 13.0. The maximum atomic E-state index is 11.7. The molecule has 1 aromatic rings. The van der Waals surface area contributed by atoms with Gasteiger partial charge < -0.3 is 10.6 Å². The summed E-state index contributed by atoms with van der Waals surface area (Å²) in [6.45, 7) is 3.91. The monoisotopic (exact) mass is 291 g/mol. The molecule has 5 heteroatoms. The molecule has 5 nitrogen and oxygen atoms in total. The molecule has 3 N–H and O–H groups in total. The molecule has 0 unspecified atom stereocenters. The standard InChI is InChI=1S/C16H25N3O2/c1-4-5-6-7-13-8-10-14(11-9-13)18-12(2)15(20)19-16(21)17-3/h8-12,18H,4-7H2,1-3H3,(H2,17,19,20,21)/t12-/m0/s1. The minimum atomic E-state index is -0.500. The van der Waals surface area contributed by atoms with Gasteiger partial charge in [-0.25, -0.2) is 4.79 Å². The Morgan fingerprint density at radius 3 is 2.38 bits per heavy atom. The first-order valence-electron chi connectivity index (χ1n) is 7.44. The van der Waals surface area contributed by atoms with Gasteiger partial charge in [0.25, 0.3) is 0 Å². The Morgan fingerprint density at radius 2 is 1.81 bits per heavy atom. The van der Waals surface area contributed by atoms with Crippen molar-refractivity contribution in [1.29, 1.82) is 0 Å². The SMILES string of the molecule is CCCCCc1ccc(N[C@@H](C)C(=O)NC(=O)NC)cc1. The van der Waals surface area contributed by atoms with Crippen LogP contribution in [-0.2, 0) is 11.2 Å². The Hall–Kier alpha value is -2.04. The third kappa shape index (κ3) is 6.29. The third-order valence-electron chi connectivity index (χ3n) is 3.26. The highest BCUT2D eigenvalue weighted by molar-refractivity contribution is 5.97. The average Bonchev–Trinajstić information content (AvgIpc) is 2.49. The quantitative estimate of drug-likeness (QED) is 0.676. The van der Waals surface area contributed by atoms with E-state index in [9.17, 15) is 9.59 Å². The molecule has 116 valence electrons. The Labute approximate surface area is 126 Å². The molecule has 1 aromatic carbocycles. The van der Waals surface area contributed by atoms with Gasteiger partial charge in [0.1, 0.15) is 6.04 Å². The van der Waals surface area contributed by atoms with E-state index in [0.29, 0.717) is 0 Å². The van der Waals surface area contributed by atoms with Crippen LogP contribution in [0.2, 0.25) is 0 Å². The van der Waals surface area contributed by atoms with Gasteiger partial charge in [-0.3, -0.25) is 10.1 Å². The van der Waals surface area contributed by atoms with E-state index in [-0.39, 0.29) is 5.91 Å². The first-order valence-corrected chi connectivity index (χ1v) is 7.44. The number of rotatable bonds is 7. The molecule has 0 aliphatic rings. The van der Waals surface area contributed by atoms with Gasteiger partial charge in [-0.1, -0.05) is 31.9 Å². The Morgan fingerprint density at radius 1 is 1.14 bits per heavy atom. The smallest absolute Gasteiger partial charge is 0.321 e. The number of imide groups is 1. The van der Waals surface area contributed by atoms with E-state index in [2.05, 4.69) is 35.0 Å². The summed E-state index contributed by atoms with van der Waals surface area (Å²) in [7, 11) is 1.47. The van der Waals surface area contributed by atoms with E-state index in [1.54, 1.807) is 6.92 Å². The summed E-state index contributed by atoms with van der Waals surface area (Å²) < 4.78 is 0. The van der Waals surface area contributed by atoms with Gasteiger partial charge in [0.05, 0.1) is 0 Å². The number of carbonyl (C=O) groups is 2. The van der Waals surface area contributed by atoms with Crippen LogP contribution >= 0.6 is 0 Å². The molecular weight excluding hydrogens is 266 g/mol. The highest BCUT2D eigenvalue weighted by Gasteiger charge is 2.14. The third-order valence-corrected chi connectivity index (χ3v) is 3.26. The lowest BCUT2D eigenvalue weighted by Gasteiger charge is -2.14. The maximum Gasteiger partial charge on any atom is 0.321 e. The highest BCUT2D eigenvalue weighted by Crippen LogP contribution is 2.13. The maximum absolute atomic E-state index is 11.7. The van der Waals surface area contributed by atoms with Gasteiger partial charge in [0, 0.05) is 12.7 Å². The van der Waals surface area contributed by atoms with Gasteiger partial charge in [0.15, 0.2) is 0 Å². The summed E-state index contributed by atoms with van der Waals surface area (Å²) in [5.41, 5.74) is 2.17. The largest absolute Gasteiger partial charge is 0.374 e. The molecule has 0 aromatic heterocycles. The van der Waals surface area contributed by atoms with Gasteiger partial charge in [0.2, 0.25) is 5.91 Å². The topological polar surface area (TPSA) is 70.2 Å². The average molecular weight is 291 g/mol. The predicted octanol–water partition coefficient (Wildman–Crippen LogP) is 2.68. The summed E-state index contributed by atoms with van der Waals surface area (Å²) >= 11 is 0. The predicted molar refractivity (Wildman–Crippen MR) is 85.4 cm³/mol. The molecule has 0 saturated carbocycles. The summed E-state index contributed by atoms with van der Waals surface area (Å²) in [6, 6.07) is 7.09. The van der Waals surface area contributed by atoms with Gasteiger partial charge in [-0.05, 0) is 37.5 Å². The van der Waals surface area contributed by atoms with E-state index < -0.39 is 12.1 Å². The van der Waals surface area contributed by atoms with Gasteiger partial charge >= 0.3 is 6.03 Å². The van der Waals surface area contributed by atoms with Crippen molar-refractivity contribution < 1.29 is 9.59 Å². The molecule has 3 amide bonds. The van der Waals surface area contributed by atoms with E-state index in [4.69, 9.17) is 0 Å². The number of benzene rings is 1. The molecular formula is C16H25N3O2. The first-order chi connectivity index (χ1) is 10.1. The van der Waals surface area contributed by atoms with Crippen molar-refractivity contribution in [1.82, 2.24) is 10.6 Å². The van der Waals surface area contributed by atoms with Gasteiger partial charge in [-0.2, -0.15) is 0 Å². The van der Waals surface area contributed by atoms with Crippen LogP contribution in [0.4, 0.5) is 10.5 Å². The van der Waals surface area contributed by atoms with Crippen molar-refractivity contribution in [3.8, 4) is 0 Å². The van der Waals surface area contributed by atoms with Crippen LogP contribution in [-0.4, -0.2) is 25.0 Å². The minimum Gasteiger partial charge on any atom is -0.374 e. The lowest BCUT2D eigenvalue weighted by Crippen LogP contribution is -2.44. The van der Waals surface area contributed by atoms with Crippen molar-refractivity contribution in [2.75, 3.05) is 12.4 Å². The summed E-state index contributed by atoms with van der Waals surface area (Å²) in [6.07, 6.45) is 4.75. The lowest BCUT2D eigenvalue weighted by molar-refractivity contribution is -0.120. The molecule has 1 atom stereocenters. The van der Waals surface area contributed by atoms with E-state index in [0.717, 1.165) is 12.1 Å². The van der Waals surface area contributed by atoms with Crippen LogP contribution in [0.3, 0.4) is 0 Å². The molecule has 21 heavy (non-hydrogen) atoms. The van der Waals surface area contributed by atoms with Crippen LogP contribution in [0.15, 0.2) is 24.3 Å². The van der Waals surface area contributed by atoms with Crippen LogP contribution in [0.5, 0.6) is 0 Å². The van der Waals surface area contributed by atoms with Crippen LogP contribution < -0.4 is 16.0 Å². The number of hydrogen-bond acceptors (Lipinski definition) is 3. The Bertz CT molecular complexity index is 457. The molecule has 0 aliphatic carbocycles. The summed E-state index contributed by atoms with van der Waals surface area (Å²) in [5.74, 6) is -0.360. The highest BCUT2D eigenvalue weighted by atomic mass is 16.2. The first kappa shape index (κ1) is 17.0. The second kappa shape index (κ2) is 9.00. The molecule has 0 radical (unpaired) electrons. The minimum absolute atomic E-state index is 0.360. The van der Waals surface area contributed by atoms with E-state index >= 15 is 0 Å². The lowest BCUT2D eigenvalue weighted by atomic mass is 10.1. The normalized spacial score (nSPS) is 11.6. The number of nitrogens with one attached hydrogen (secondary N) is 3. The van der Waals surface area contributed by atoms with Crippen molar-refractivity contribution >= 4 is 17.6 Å². The number of urea groups is 1. The number of carbonyl (C=O) groups excluding carboxylic acids is 2. The van der Waals surface area contributed by atoms with E-state index in [1.807, 2.05) is 12.1 Å². The summed E-state index contributed by atoms with van der Waals surface area (Å²) in [4.78, 5) is 22.8.